The van der Waals surface area contributed by atoms with Gasteiger partial charge in [-0.1, -0.05) is 67.0 Å². The minimum Gasteiger partial charge on any atom is -0.399 e. The molecule has 3 N–H and O–H groups in total. The highest BCUT2D eigenvalue weighted by atomic mass is 35.7. The van der Waals surface area contributed by atoms with E-state index in [1.807, 2.05) is 0 Å². The molecule has 0 bridgehead atoms. The van der Waals surface area contributed by atoms with Crippen molar-refractivity contribution < 1.29 is 25.6 Å². The number of nitrogens with two attached hydrogens (primary N) is 1. The van der Waals surface area contributed by atoms with Crippen molar-refractivity contribution in [2.24, 2.45) is 0 Å². The van der Waals surface area contributed by atoms with Gasteiger partial charge in [0.25, 0.3) is 19.1 Å². The van der Waals surface area contributed by atoms with Gasteiger partial charge in [-0.3, -0.25) is 4.72 Å². The smallest absolute Gasteiger partial charge is 0.261 e. The minimum atomic E-state index is -3.70. The summed E-state index contributed by atoms with van der Waals surface area (Å²) in [5.41, 5.74) is 5.74. The number of anilines is 2. The maximum Gasteiger partial charge on any atom is 0.261 e. The van der Waals surface area contributed by atoms with Gasteiger partial charge in [0.2, 0.25) is 0 Å². The van der Waals surface area contributed by atoms with Crippen molar-refractivity contribution in [2.75, 3.05) is 15.8 Å². The van der Waals surface area contributed by atoms with Crippen molar-refractivity contribution >= 4 is 87.5 Å². The van der Waals surface area contributed by atoms with Crippen LogP contribution in [0.1, 0.15) is 7.43 Å². The Morgan fingerprint density at radius 1 is 0.683 bits per heavy atom. The van der Waals surface area contributed by atoms with Crippen LogP contribution in [0.5, 0.6) is 0 Å². The van der Waals surface area contributed by atoms with Crippen LogP contribution < -0.4 is 10.5 Å². The van der Waals surface area contributed by atoms with Crippen LogP contribution in [0.3, 0.4) is 0 Å². The van der Waals surface area contributed by atoms with Gasteiger partial charge in [-0.15, -0.1) is 23.2 Å². The second-order valence-corrected chi connectivity index (χ2v) is 12.9. The third-order valence-electron chi connectivity index (χ3n) is 4.19. The number of halogens is 7. The van der Waals surface area contributed by atoms with Gasteiger partial charge in [-0.2, -0.15) is 0 Å². The quantitative estimate of drug-likeness (QED) is 0.125. The zero-order valence-corrected chi connectivity index (χ0v) is 25.5. The minimum absolute atomic E-state index is 0. The molecule has 6 nitrogen and oxygen atoms in total. The highest BCUT2D eigenvalue weighted by molar-refractivity contribution is 8.13. The summed E-state index contributed by atoms with van der Waals surface area (Å²) in [6, 6.07) is 23.6. The molecule has 0 amide bonds. The molecule has 0 radical (unpaired) electrons. The molecule has 0 aliphatic carbocycles. The van der Waals surface area contributed by atoms with E-state index >= 15 is 0 Å². The van der Waals surface area contributed by atoms with Gasteiger partial charge in [-0.05, 0) is 60.7 Å². The third-order valence-corrected chi connectivity index (χ3v) is 7.57. The summed E-state index contributed by atoms with van der Waals surface area (Å²) in [6.45, 7) is 0. The largest absolute Gasteiger partial charge is 0.399 e. The fourth-order valence-electron chi connectivity index (χ4n) is 2.47. The standard InChI is InChI=1S/C12H9ClFNO2S.C6H5ClFN.C6H5ClO2S.CH2Cl2.CH4/c13-11-7-6-9(8-12(11)14)15-18(16,17)10-4-2-1-3-5-10;7-5-2-1-4(9)3-6(5)8;7-10(8,9)6-4-2-1-3-5-6;2-1-3;/h1-8,15H;1-3H,9H2;1-5H;1H2;1H4. The lowest BCUT2D eigenvalue weighted by Crippen LogP contribution is -2.12. The number of benzene rings is 4. The molecular formula is C26H25Cl5F2N2O4S2. The van der Waals surface area contributed by atoms with Crippen LogP contribution in [0, 0.1) is 11.6 Å². The molecular weight excluding hydrogens is 684 g/mol. The van der Waals surface area contributed by atoms with E-state index in [0.29, 0.717) is 5.69 Å². The maximum atomic E-state index is 13.2. The maximum absolute atomic E-state index is 13.2. The molecule has 0 spiro atoms. The predicted molar refractivity (Wildman–Crippen MR) is 167 cm³/mol. The van der Waals surface area contributed by atoms with E-state index in [0.717, 1.165) is 6.07 Å². The molecule has 0 saturated heterocycles. The van der Waals surface area contributed by atoms with Crippen LogP contribution in [0.2, 0.25) is 10.0 Å². The highest BCUT2D eigenvalue weighted by Crippen LogP contribution is 2.21. The molecule has 0 unspecified atom stereocenters. The Morgan fingerprint density at radius 2 is 1.10 bits per heavy atom. The van der Waals surface area contributed by atoms with E-state index in [2.05, 4.69) is 4.72 Å². The van der Waals surface area contributed by atoms with Crippen LogP contribution in [0.25, 0.3) is 0 Å². The lowest BCUT2D eigenvalue weighted by molar-refractivity contribution is 0.600. The summed E-state index contributed by atoms with van der Waals surface area (Å²) < 4.78 is 72.9. The van der Waals surface area contributed by atoms with Crippen molar-refractivity contribution in [1.29, 1.82) is 0 Å². The van der Waals surface area contributed by atoms with Crippen LogP contribution in [-0.4, -0.2) is 22.2 Å². The second kappa shape index (κ2) is 19.0. The molecule has 41 heavy (non-hydrogen) atoms. The van der Waals surface area contributed by atoms with Crippen molar-refractivity contribution in [1.82, 2.24) is 0 Å². The fourth-order valence-corrected chi connectivity index (χ4v) is 4.57. The molecule has 0 saturated carbocycles. The first-order chi connectivity index (χ1) is 18.7. The Kier molecular flexibility index (Phi) is 17.9. The van der Waals surface area contributed by atoms with E-state index in [4.69, 9.17) is 62.8 Å². The van der Waals surface area contributed by atoms with Crippen LogP contribution in [0.4, 0.5) is 20.2 Å². The average molecular weight is 709 g/mol. The Bertz CT molecular complexity index is 1570. The number of hydrogen-bond donors (Lipinski definition) is 2. The zero-order chi connectivity index (χ0) is 30.3. The molecule has 0 atom stereocenters. The lowest BCUT2D eigenvalue weighted by Gasteiger charge is -2.08. The summed E-state index contributed by atoms with van der Waals surface area (Å²) in [5, 5.41) is 0.238. The first-order valence-electron chi connectivity index (χ1n) is 10.6. The van der Waals surface area contributed by atoms with Crippen LogP contribution >= 0.6 is 57.1 Å². The normalized spacial score (nSPS) is 10.2. The average Bonchev–Trinajstić information content (AvgIpc) is 2.90. The molecule has 4 aromatic rings. The van der Waals surface area contributed by atoms with E-state index in [1.165, 1.54) is 48.5 Å². The van der Waals surface area contributed by atoms with Crippen molar-refractivity contribution in [3.05, 3.63) is 119 Å². The van der Waals surface area contributed by atoms with Gasteiger partial charge >= 0.3 is 0 Å². The molecule has 0 aliphatic rings. The van der Waals surface area contributed by atoms with Gasteiger partial charge in [0.05, 0.1) is 30.9 Å². The molecule has 15 heteroatoms. The first kappa shape index (κ1) is 38.7. The predicted octanol–water partition coefficient (Wildman–Crippen LogP) is 9.01. The second-order valence-electron chi connectivity index (χ2n) is 7.07. The highest BCUT2D eigenvalue weighted by Gasteiger charge is 2.14. The molecule has 0 aliphatic heterocycles. The number of sulfonamides is 1. The summed E-state index contributed by atoms with van der Waals surface area (Å²) in [7, 11) is -2.20. The summed E-state index contributed by atoms with van der Waals surface area (Å²) in [4.78, 5) is 0.247. The van der Waals surface area contributed by atoms with Crippen molar-refractivity contribution in [3.8, 4) is 0 Å². The number of nitrogens with one attached hydrogen (secondary N) is 1. The third kappa shape index (κ3) is 14.9. The molecule has 4 rings (SSSR count). The van der Waals surface area contributed by atoms with E-state index in [-0.39, 0.29) is 38.3 Å². The van der Waals surface area contributed by atoms with Gasteiger partial charge in [0.15, 0.2) is 0 Å². The molecule has 0 aromatic heterocycles. The van der Waals surface area contributed by atoms with Crippen molar-refractivity contribution in [3.63, 3.8) is 0 Å². The topological polar surface area (TPSA) is 106 Å². The van der Waals surface area contributed by atoms with Gasteiger partial charge < -0.3 is 5.73 Å². The van der Waals surface area contributed by atoms with Crippen LogP contribution in [-0.2, 0) is 19.1 Å². The Labute approximate surface area is 263 Å². The fraction of sp³-hybridized carbons (Fsp3) is 0.0769. The number of rotatable bonds is 4. The van der Waals surface area contributed by atoms with E-state index in [9.17, 15) is 25.6 Å². The number of nitrogen functional groups attached to an aromatic ring is 1. The van der Waals surface area contributed by atoms with Crippen molar-refractivity contribution in [2.45, 2.75) is 17.2 Å². The van der Waals surface area contributed by atoms with Crippen LogP contribution in [0.15, 0.2) is 107 Å². The molecule has 4 aromatic carbocycles. The summed E-state index contributed by atoms with van der Waals surface area (Å²) >= 11 is 20.4. The Morgan fingerprint density at radius 3 is 1.46 bits per heavy atom. The monoisotopic (exact) mass is 706 g/mol. The SMILES string of the molecule is C.ClCCl.Nc1ccc(Cl)c(F)c1.O=S(=O)(Cl)c1ccccc1.O=S(=O)(Nc1ccc(Cl)c(F)c1)c1ccccc1. The van der Waals surface area contributed by atoms with E-state index in [1.54, 1.807) is 42.5 Å². The molecule has 0 heterocycles. The van der Waals surface area contributed by atoms with E-state index < -0.39 is 30.7 Å². The number of hydrogen-bond acceptors (Lipinski definition) is 5. The Hall–Kier alpha value is -2.31. The lowest BCUT2D eigenvalue weighted by atomic mass is 10.3. The summed E-state index contributed by atoms with van der Waals surface area (Å²) in [6.07, 6.45) is 0. The zero-order valence-electron chi connectivity index (χ0n) is 20.1. The van der Waals surface area contributed by atoms with Gasteiger partial charge in [-0.25, -0.2) is 25.6 Å². The molecule has 224 valence electrons. The number of alkyl halides is 2. The van der Waals surface area contributed by atoms with Gasteiger partial charge in [0, 0.05) is 16.4 Å². The summed E-state index contributed by atoms with van der Waals surface area (Å²) in [5.74, 6) is -1.15. The van der Waals surface area contributed by atoms with Gasteiger partial charge in [0.1, 0.15) is 11.6 Å². The Balaban J connectivity index is 0.000000593. The molecule has 0 fully saturated rings. The first-order valence-corrected chi connectivity index (χ1v) is 16.2.